The summed E-state index contributed by atoms with van der Waals surface area (Å²) in [4.78, 5) is 15.3. The van der Waals surface area contributed by atoms with Crippen LogP contribution in [0, 0.1) is 11.3 Å². The third-order valence-electron chi connectivity index (χ3n) is 1.78. The van der Waals surface area contributed by atoms with Crippen LogP contribution in [-0.4, -0.2) is 28.6 Å². The number of nitrogens with one attached hydrogen (secondary N) is 1. The first-order chi connectivity index (χ1) is 7.17. The average Bonchev–Trinajstić information content (AvgIpc) is 2.29. The van der Waals surface area contributed by atoms with Crippen molar-refractivity contribution in [2.45, 2.75) is 13.0 Å². The highest BCUT2D eigenvalue weighted by molar-refractivity contribution is 5.92. The van der Waals surface area contributed by atoms with Crippen LogP contribution in [0.1, 0.15) is 23.0 Å². The molecule has 0 aliphatic rings. The molecule has 5 heteroatoms. The number of amides is 1. The third kappa shape index (κ3) is 3.04. The SMILES string of the molecule is C[C@@H](CO)NC(=O)c1ccc(C#N)cn1. The molecule has 0 spiro atoms. The van der Waals surface area contributed by atoms with Crippen LogP contribution in [0.15, 0.2) is 18.3 Å². The zero-order valence-electron chi connectivity index (χ0n) is 8.27. The van der Waals surface area contributed by atoms with Crippen LogP contribution in [0.3, 0.4) is 0 Å². The Labute approximate surface area is 87.4 Å². The molecule has 0 aromatic carbocycles. The first kappa shape index (κ1) is 11.1. The number of hydrogen-bond donors (Lipinski definition) is 2. The summed E-state index contributed by atoms with van der Waals surface area (Å²) >= 11 is 0. The van der Waals surface area contributed by atoms with E-state index in [0.717, 1.165) is 0 Å². The van der Waals surface area contributed by atoms with E-state index in [1.54, 1.807) is 6.92 Å². The molecule has 2 N–H and O–H groups in total. The van der Waals surface area contributed by atoms with Crippen molar-refractivity contribution in [2.75, 3.05) is 6.61 Å². The van der Waals surface area contributed by atoms with Gasteiger partial charge in [0.2, 0.25) is 0 Å². The van der Waals surface area contributed by atoms with E-state index in [2.05, 4.69) is 10.3 Å². The number of pyridine rings is 1. The van der Waals surface area contributed by atoms with Gasteiger partial charge in [0.05, 0.1) is 12.2 Å². The van der Waals surface area contributed by atoms with E-state index in [-0.39, 0.29) is 24.2 Å². The molecule has 0 fully saturated rings. The Morgan fingerprint density at radius 1 is 1.73 bits per heavy atom. The van der Waals surface area contributed by atoms with Gasteiger partial charge in [-0.05, 0) is 19.1 Å². The summed E-state index contributed by atoms with van der Waals surface area (Å²) < 4.78 is 0. The highest BCUT2D eigenvalue weighted by atomic mass is 16.3. The first-order valence-electron chi connectivity index (χ1n) is 4.45. The second-order valence-electron chi connectivity index (χ2n) is 3.10. The number of nitrogens with zero attached hydrogens (tertiary/aromatic N) is 2. The summed E-state index contributed by atoms with van der Waals surface area (Å²) in [5, 5.41) is 19.8. The molecule has 1 atom stereocenters. The summed E-state index contributed by atoms with van der Waals surface area (Å²) in [6.07, 6.45) is 1.33. The molecule has 78 valence electrons. The van der Waals surface area contributed by atoms with Crippen molar-refractivity contribution in [2.24, 2.45) is 0 Å². The summed E-state index contributed by atoms with van der Waals surface area (Å²) in [6, 6.07) is 4.59. The van der Waals surface area contributed by atoms with Gasteiger partial charge in [-0.15, -0.1) is 0 Å². The van der Waals surface area contributed by atoms with Gasteiger partial charge in [0, 0.05) is 12.2 Å². The van der Waals surface area contributed by atoms with Crippen molar-refractivity contribution in [3.8, 4) is 6.07 Å². The van der Waals surface area contributed by atoms with Gasteiger partial charge in [0.1, 0.15) is 11.8 Å². The van der Waals surface area contributed by atoms with Gasteiger partial charge in [-0.3, -0.25) is 4.79 Å². The highest BCUT2D eigenvalue weighted by Crippen LogP contribution is 1.99. The monoisotopic (exact) mass is 205 g/mol. The normalized spacial score (nSPS) is 11.5. The van der Waals surface area contributed by atoms with E-state index in [9.17, 15) is 4.79 Å². The predicted octanol–water partition coefficient (Wildman–Crippen LogP) is 0.0639. The summed E-state index contributed by atoms with van der Waals surface area (Å²) in [5.74, 6) is -0.360. The molecule has 15 heavy (non-hydrogen) atoms. The van der Waals surface area contributed by atoms with Crippen LogP contribution in [-0.2, 0) is 0 Å². The maximum Gasteiger partial charge on any atom is 0.270 e. The lowest BCUT2D eigenvalue weighted by Crippen LogP contribution is -2.35. The highest BCUT2D eigenvalue weighted by Gasteiger charge is 2.09. The number of aliphatic hydroxyl groups is 1. The maximum atomic E-state index is 11.4. The van der Waals surface area contributed by atoms with Crippen molar-refractivity contribution in [3.05, 3.63) is 29.6 Å². The van der Waals surface area contributed by atoms with Crippen LogP contribution in [0.2, 0.25) is 0 Å². The van der Waals surface area contributed by atoms with E-state index < -0.39 is 0 Å². The predicted molar refractivity (Wildman–Crippen MR) is 53.0 cm³/mol. The fourth-order valence-corrected chi connectivity index (χ4v) is 0.938. The molecule has 1 heterocycles. The van der Waals surface area contributed by atoms with Crippen molar-refractivity contribution in [3.63, 3.8) is 0 Å². The molecular formula is C10H11N3O2. The number of carbonyl (C=O) groups excluding carboxylic acids is 1. The Morgan fingerprint density at radius 2 is 2.47 bits per heavy atom. The Kier molecular flexibility index (Phi) is 3.77. The fraction of sp³-hybridized carbons (Fsp3) is 0.300. The summed E-state index contributed by atoms with van der Waals surface area (Å²) in [6.45, 7) is 1.56. The average molecular weight is 205 g/mol. The Balaban J connectivity index is 2.71. The smallest absolute Gasteiger partial charge is 0.270 e. The Morgan fingerprint density at radius 3 is 2.93 bits per heavy atom. The minimum atomic E-state index is -0.360. The molecule has 0 unspecified atom stereocenters. The molecule has 0 bridgehead atoms. The van der Waals surface area contributed by atoms with Gasteiger partial charge < -0.3 is 10.4 Å². The zero-order chi connectivity index (χ0) is 11.3. The van der Waals surface area contributed by atoms with Gasteiger partial charge in [0.25, 0.3) is 5.91 Å². The van der Waals surface area contributed by atoms with E-state index in [4.69, 9.17) is 10.4 Å². The van der Waals surface area contributed by atoms with Gasteiger partial charge in [-0.2, -0.15) is 5.26 Å². The number of carbonyl (C=O) groups is 1. The van der Waals surface area contributed by atoms with E-state index in [1.165, 1.54) is 18.3 Å². The number of rotatable bonds is 3. The number of hydrogen-bond acceptors (Lipinski definition) is 4. The lowest BCUT2D eigenvalue weighted by atomic mass is 10.2. The number of aliphatic hydroxyl groups excluding tert-OH is 1. The molecule has 1 aromatic heterocycles. The minimum absolute atomic E-state index is 0.123. The van der Waals surface area contributed by atoms with E-state index >= 15 is 0 Å². The van der Waals surface area contributed by atoms with Crippen LogP contribution < -0.4 is 5.32 Å². The molecule has 0 aliphatic carbocycles. The molecule has 0 saturated carbocycles. The van der Waals surface area contributed by atoms with Crippen LogP contribution in [0.4, 0.5) is 0 Å². The van der Waals surface area contributed by atoms with Crippen LogP contribution in [0.25, 0.3) is 0 Å². The minimum Gasteiger partial charge on any atom is -0.394 e. The molecule has 1 amide bonds. The largest absolute Gasteiger partial charge is 0.394 e. The Hall–Kier alpha value is -1.93. The summed E-state index contributed by atoms with van der Waals surface area (Å²) in [7, 11) is 0. The number of nitriles is 1. The third-order valence-corrected chi connectivity index (χ3v) is 1.78. The van der Waals surface area contributed by atoms with E-state index in [1.807, 2.05) is 6.07 Å². The van der Waals surface area contributed by atoms with Crippen molar-refractivity contribution < 1.29 is 9.90 Å². The first-order valence-corrected chi connectivity index (χ1v) is 4.45. The number of aromatic nitrogens is 1. The molecule has 0 radical (unpaired) electrons. The van der Waals surface area contributed by atoms with Crippen molar-refractivity contribution in [1.82, 2.24) is 10.3 Å². The molecule has 0 saturated heterocycles. The van der Waals surface area contributed by atoms with Gasteiger partial charge in [-0.25, -0.2) is 4.98 Å². The molecule has 0 aliphatic heterocycles. The van der Waals surface area contributed by atoms with Crippen LogP contribution in [0.5, 0.6) is 0 Å². The quantitative estimate of drug-likeness (QED) is 0.730. The maximum absolute atomic E-state index is 11.4. The molecule has 5 nitrogen and oxygen atoms in total. The molecular weight excluding hydrogens is 194 g/mol. The zero-order valence-corrected chi connectivity index (χ0v) is 8.27. The van der Waals surface area contributed by atoms with E-state index in [0.29, 0.717) is 5.56 Å². The lowest BCUT2D eigenvalue weighted by molar-refractivity contribution is 0.0917. The van der Waals surface area contributed by atoms with Crippen LogP contribution >= 0.6 is 0 Å². The van der Waals surface area contributed by atoms with Gasteiger partial charge >= 0.3 is 0 Å². The van der Waals surface area contributed by atoms with Gasteiger partial charge in [0.15, 0.2) is 0 Å². The fourth-order valence-electron chi connectivity index (χ4n) is 0.938. The standard InChI is InChI=1S/C10H11N3O2/c1-7(6-14)13-10(15)9-3-2-8(4-11)5-12-9/h2-3,5,7,14H,6H2,1H3,(H,13,15)/t7-/m0/s1. The lowest BCUT2D eigenvalue weighted by Gasteiger charge is -2.09. The second kappa shape index (κ2) is 5.08. The second-order valence-corrected chi connectivity index (χ2v) is 3.10. The Bertz CT molecular complexity index is 381. The van der Waals surface area contributed by atoms with Crippen molar-refractivity contribution >= 4 is 5.91 Å². The van der Waals surface area contributed by atoms with Gasteiger partial charge in [-0.1, -0.05) is 0 Å². The summed E-state index contributed by atoms with van der Waals surface area (Å²) in [5.41, 5.74) is 0.635. The molecule has 1 rings (SSSR count). The topological polar surface area (TPSA) is 86.0 Å². The van der Waals surface area contributed by atoms with Crippen molar-refractivity contribution in [1.29, 1.82) is 5.26 Å². The molecule has 1 aromatic rings.